The topological polar surface area (TPSA) is 67.9 Å². The van der Waals surface area contributed by atoms with Gasteiger partial charge >= 0.3 is 0 Å². The van der Waals surface area contributed by atoms with E-state index in [-0.39, 0.29) is 17.7 Å². The maximum absolute atomic E-state index is 12.8. The molecular formula is C23H30N2O4. The van der Waals surface area contributed by atoms with Gasteiger partial charge in [-0.25, -0.2) is 0 Å². The zero-order chi connectivity index (χ0) is 21.4. The number of benzene rings is 2. The summed E-state index contributed by atoms with van der Waals surface area (Å²) in [5.41, 5.74) is 1.82. The Bertz CT molecular complexity index is 818. The quantitative estimate of drug-likeness (QED) is 0.703. The largest absolute Gasteiger partial charge is 0.497 e. The molecule has 6 nitrogen and oxygen atoms in total. The third-order valence-corrected chi connectivity index (χ3v) is 4.78. The van der Waals surface area contributed by atoms with Crippen molar-refractivity contribution in [1.82, 2.24) is 10.2 Å². The fourth-order valence-corrected chi connectivity index (χ4v) is 2.99. The van der Waals surface area contributed by atoms with Gasteiger partial charge in [0.25, 0.3) is 0 Å². The van der Waals surface area contributed by atoms with Gasteiger partial charge in [0.15, 0.2) is 0 Å². The first-order valence-corrected chi connectivity index (χ1v) is 9.70. The summed E-state index contributed by atoms with van der Waals surface area (Å²) in [7, 11) is 3.21. The van der Waals surface area contributed by atoms with Crippen LogP contribution in [0.2, 0.25) is 0 Å². The highest BCUT2D eigenvalue weighted by molar-refractivity contribution is 5.88. The van der Waals surface area contributed by atoms with Crippen LogP contribution in [0, 0.1) is 5.92 Å². The first kappa shape index (κ1) is 22.3. The fraction of sp³-hybridized carbons (Fsp3) is 0.391. The summed E-state index contributed by atoms with van der Waals surface area (Å²) < 4.78 is 10.5. The summed E-state index contributed by atoms with van der Waals surface area (Å²) in [5, 5.41) is 2.92. The molecule has 156 valence electrons. The van der Waals surface area contributed by atoms with Gasteiger partial charge in [0, 0.05) is 24.6 Å². The molecule has 6 heteroatoms. The minimum Gasteiger partial charge on any atom is -0.497 e. The lowest BCUT2D eigenvalue weighted by atomic mass is 10.1. The van der Waals surface area contributed by atoms with Crippen LogP contribution >= 0.6 is 0 Å². The van der Waals surface area contributed by atoms with Gasteiger partial charge in [-0.05, 0) is 30.7 Å². The summed E-state index contributed by atoms with van der Waals surface area (Å²) in [6.07, 6.45) is 0. The van der Waals surface area contributed by atoms with Crippen LogP contribution < -0.4 is 14.8 Å². The Morgan fingerprint density at radius 2 is 1.62 bits per heavy atom. The average molecular weight is 399 g/mol. The zero-order valence-electron chi connectivity index (χ0n) is 17.8. The third kappa shape index (κ3) is 5.98. The van der Waals surface area contributed by atoms with E-state index in [1.54, 1.807) is 26.0 Å². The number of para-hydroxylation sites is 1. The molecule has 0 radical (unpaired) electrons. The van der Waals surface area contributed by atoms with Gasteiger partial charge in [-0.15, -0.1) is 0 Å². The van der Waals surface area contributed by atoms with E-state index in [4.69, 9.17) is 9.47 Å². The van der Waals surface area contributed by atoms with E-state index in [1.165, 1.54) is 0 Å². The van der Waals surface area contributed by atoms with Gasteiger partial charge in [0.1, 0.15) is 17.5 Å². The molecule has 0 aliphatic rings. The molecule has 29 heavy (non-hydrogen) atoms. The van der Waals surface area contributed by atoms with Crippen LogP contribution in [0.25, 0.3) is 0 Å². The molecule has 0 bridgehead atoms. The molecule has 0 saturated heterocycles. The fourth-order valence-electron chi connectivity index (χ4n) is 2.99. The molecule has 0 aliphatic heterocycles. The lowest BCUT2D eigenvalue weighted by molar-refractivity contribution is -0.143. The summed E-state index contributed by atoms with van der Waals surface area (Å²) >= 11 is 0. The number of carbonyl (C=O) groups is 2. The van der Waals surface area contributed by atoms with Crippen molar-refractivity contribution in [2.24, 2.45) is 5.92 Å². The molecule has 0 aliphatic carbocycles. The van der Waals surface area contributed by atoms with Gasteiger partial charge in [0.2, 0.25) is 11.8 Å². The molecule has 0 saturated carbocycles. The van der Waals surface area contributed by atoms with Gasteiger partial charge in [-0.1, -0.05) is 44.2 Å². The predicted molar refractivity (Wildman–Crippen MR) is 113 cm³/mol. The van der Waals surface area contributed by atoms with E-state index in [9.17, 15) is 9.59 Å². The molecule has 2 amide bonds. The highest BCUT2D eigenvalue weighted by Gasteiger charge is 2.27. The smallest absolute Gasteiger partial charge is 0.242 e. The van der Waals surface area contributed by atoms with E-state index < -0.39 is 6.04 Å². The second kappa shape index (κ2) is 10.5. The average Bonchev–Trinajstić information content (AvgIpc) is 2.75. The number of amides is 2. The molecule has 1 N–H and O–H groups in total. The highest BCUT2D eigenvalue weighted by Crippen LogP contribution is 2.18. The van der Waals surface area contributed by atoms with Crippen molar-refractivity contribution in [3.63, 3.8) is 0 Å². The van der Waals surface area contributed by atoms with Crippen molar-refractivity contribution in [2.45, 2.75) is 39.9 Å². The molecule has 0 unspecified atom stereocenters. The SMILES string of the molecule is COc1ccc(CN(C(=O)C(C)C)[C@H](C)C(=O)NCc2ccccc2OC)cc1. The summed E-state index contributed by atoms with van der Waals surface area (Å²) in [4.78, 5) is 27.2. The lowest BCUT2D eigenvalue weighted by Crippen LogP contribution is -2.48. The third-order valence-electron chi connectivity index (χ3n) is 4.78. The van der Waals surface area contributed by atoms with E-state index in [1.807, 2.05) is 62.4 Å². The number of nitrogens with zero attached hydrogens (tertiary/aromatic N) is 1. The van der Waals surface area contributed by atoms with Gasteiger partial charge in [0.05, 0.1) is 14.2 Å². The number of methoxy groups -OCH3 is 2. The van der Waals surface area contributed by atoms with Gasteiger partial charge in [-0.2, -0.15) is 0 Å². The molecule has 0 aromatic heterocycles. The molecule has 0 heterocycles. The lowest BCUT2D eigenvalue weighted by Gasteiger charge is -2.30. The number of hydrogen-bond donors (Lipinski definition) is 1. The number of ether oxygens (including phenoxy) is 2. The normalized spacial score (nSPS) is 11.7. The van der Waals surface area contributed by atoms with Crippen LogP contribution in [-0.4, -0.2) is 37.0 Å². The van der Waals surface area contributed by atoms with Crippen molar-refractivity contribution in [3.8, 4) is 11.5 Å². The molecular weight excluding hydrogens is 368 g/mol. The Morgan fingerprint density at radius 3 is 2.21 bits per heavy atom. The van der Waals surface area contributed by atoms with E-state index >= 15 is 0 Å². The maximum atomic E-state index is 12.8. The van der Waals surface area contributed by atoms with E-state index in [0.717, 1.165) is 16.9 Å². The summed E-state index contributed by atoms with van der Waals surface area (Å²) in [6.45, 7) is 6.11. The second-order valence-corrected chi connectivity index (χ2v) is 7.17. The molecule has 2 aromatic carbocycles. The standard InChI is InChI=1S/C23H30N2O4/c1-16(2)23(27)25(15-18-10-12-20(28-4)13-11-18)17(3)22(26)24-14-19-8-6-7-9-21(19)29-5/h6-13,16-17H,14-15H2,1-5H3,(H,24,26)/t17-/m1/s1. The molecule has 1 atom stereocenters. The Hall–Kier alpha value is -3.02. The monoisotopic (exact) mass is 398 g/mol. The Kier molecular flexibility index (Phi) is 8.07. The van der Waals surface area contributed by atoms with Crippen molar-refractivity contribution < 1.29 is 19.1 Å². The maximum Gasteiger partial charge on any atom is 0.242 e. The first-order valence-electron chi connectivity index (χ1n) is 9.70. The van der Waals surface area contributed by atoms with Crippen LogP contribution in [0.5, 0.6) is 11.5 Å². The molecule has 0 spiro atoms. The highest BCUT2D eigenvalue weighted by atomic mass is 16.5. The number of rotatable bonds is 9. The Morgan fingerprint density at radius 1 is 0.966 bits per heavy atom. The number of carbonyl (C=O) groups excluding carboxylic acids is 2. The van der Waals surface area contributed by atoms with Crippen LogP contribution in [0.1, 0.15) is 31.9 Å². The van der Waals surface area contributed by atoms with Gasteiger partial charge in [-0.3, -0.25) is 9.59 Å². The minimum absolute atomic E-state index is 0.0687. The van der Waals surface area contributed by atoms with Crippen LogP contribution in [-0.2, 0) is 22.7 Å². The Labute approximate surface area is 172 Å². The predicted octanol–water partition coefficient (Wildman–Crippen LogP) is 3.39. The summed E-state index contributed by atoms with van der Waals surface area (Å²) in [6, 6.07) is 14.4. The first-order chi connectivity index (χ1) is 13.9. The van der Waals surface area contributed by atoms with Crippen molar-refractivity contribution >= 4 is 11.8 Å². The molecule has 2 rings (SSSR count). The molecule has 2 aromatic rings. The number of hydrogen-bond acceptors (Lipinski definition) is 4. The van der Waals surface area contributed by atoms with Gasteiger partial charge < -0.3 is 19.7 Å². The van der Waals surface area contributed by atoms with Crippen LogP contribution in [0.15, 0.2) is 48.5 Å². The van der Waals surface area contributed by atoms with Crippen molar-refractivity contribution in [2.75, 3.05) is 14.2 Å². The summed E-state index contributed by atoms with van der Waals surface area (Å²) in [5.74, 6) is 0.976. The van der Waals surface area contributed by atoms with Crippen molar-refractivity contribution in [3.05, 3.63) is 59.7 Å². The Balaban J connectivity index is 2.11. The van der Waals surface area contributed by atoms with Crippen LogP contribution in [0.4, 0.5) is 0 Å². The zero-order valence-corrected chi connectivity index (χ0v) is 17.8. The van der Waals surface area contributed by atoms with E-state index in [0.29, 0.717) is 18.8 Å². The van der Waals surface area contributed by atoms with E-state index in [2.05, 4.69) is 5.32 Å². The number of nitrogens with one attached hydrogen (secondary N) is 1. The van der Waals surface area contributed by atoms with Crippen molar-refractivity contribution in [1.29, 1.82) is 0 Å². The molecule has 0 fully saturated rings. The minimum atomic E-state index is -0.610. The second-order valence-electron chi connectivity index (χ2n) is 7.17. The van der Waals surface area contributed by atoms with Crippen LogP contribution in [0.3, 0.4) is 0 Å².